The summed E-state index contributed by atoms with van der Waals surface area (Å²) in [5, 5.41) is 8.79. The van der Waals surface area contributed by atoms with E-state index >= 15 is 0 Å². The summed E-state index contributed by atoms with van der Waals surface area (Å²) < 4.78 is 5.36. The van der Waals surface area contributed by atoms with Crippen LogP contribution in [0.5, 0.6) is 0 Å². The predicted molar refractivity (Wildman–Crippen MR) is 68.4 cm³/mol. The van der Waals surface area contributed by atoms with Crippen LogP contribution in [0.25, 0.3) is 0 Å². The summed E-state index contributed by atoms with van der Waals surface area (Å²) >= 11 is 0. The topological polar surface area (TPSA) is 53.7 Å². The summed E-state index contributed by atoms with van der Waals surface area (Å²) in [6.45, 7) is 4.21. The summed E-state index contributed by atoms with van der Waals surface area (Å²) in [4.78, 5) is 13.1. The summed E-state index contributed by atoms with van der Waals surface area (Å²) in [6.07, 6.45) is 4.95. The SMILES string of the molecule is CC(Cc1ccco1)N1CCC(CC(=O)O)CC1. The number of nitrogens with zero attached hydrogens (tertiary/aromatic N) is 1. The van der Waals surface area contributed by atoms with Gasteiger partial charge in [-0.15, -0.1) is 0 Å². The number of hydrogen-bond donors (Lipinski definition) is 1. The number of rotatable bonds is 5. The van der Waals surface area contributed by atoms with Crippen LogP contribution in [-0.4, -0.2) is 35.1 Å². The number of piperidine rings is 1. The van der Waals surface area contributed by atoms with Crippen molar-refractivity contribution in [2.24, 2.45) is 5.92 Å². The van der Waals surface area contributed by atoms with Crippen molar-refractivity contribution in [1.82, 2.24) is 4.90 Å². The van der Waals surface area contributed by atoms with Crippen molar-refractivity contribution in [2.45, 2.75) is 38.6 Å². The molecule has 0 saturated carbocycles. The Kier molecular flexibility index (Phi) is 4.42. The number of aliphatic carboxylic acids is 1. The summed E-state index contributed by atoms with van der Waals surface area (Å²) in [7, 11) is 0. The molecule has 0 amide bonds. The molecule has 1 aliphatic heterocycles. The monoisotopic (exact) mass is 251 g/mol. The van der Waals surface area contributed by atoms with E-state index < -0.39 is 5.97 Å². The molecule has 1 saturated heterocycles. The summed E-state index contributed by atoms with van der Waals surface area (Å²) in [5.41, 5.74) is 0. The first-order valence-electron chi connectivity index (χ1n) is 6.63. The molecule has 1 atom stereocenters. The van der Waals surface area contributed by atoms with Crippen molar-refractivity contribution in [1.29, 1.82) is 0 Å². The smallest absolute Gasteiger partial charge is 0.303 e. The van der Waals surface area contributed by atoms with Crippen LogP contribution in [0.1, 0.15) is 31.9 Å². The molecule has 18 heavy (non-hydrogen) atoms. The molecule has 0 radical (unpaired) electrons. The van der Waals surface area contributed by atoms with Crippen LogP contribution in [0, 0.1) is 5.92 Å². The molecule has 0 aliphatic carbocycles. The van der Waals surface area contributed by atoms with Crippen LogP contribution in [0.15, 0.2) is 22.8 Å². The highest BCUT2D eigenvalue weighted by Crippen LogP contribution is 2.22. The molecule has 2 rings (SSSR count). The van der Waals surface area contributed by atoms with E-state index in [1.165, 1.54) is 0 Å². The first-order chi connectivity index (χ1) is 8.65. The van der Waals surface area contributed by atoms with Crippen LogP contribution in [0.2, 0.25) is 0 Å². The molecule has 100 valence electrons. The van der Waals surface area contributed by atoms with Gasteiger partial charge in [0.05, 0.1) is 6.26 Å². The summed E-state index contributed by atoms with van der Waals surface area (Å²) in [5.74, 6) is 0.710. The Morgan fingerprint density at radius 2 is 2.28 bits per heavy atom. The first-order valence-corrected chi connectivity index (χ1v) is 6.63. The van der Waals surface area contributed by atoms with Crippen molar-refractivity contribution in [2.75, 3.05) is 13.1 Å². The Morgan fingerprint density at radius 3 is 2.83 bits per heavy atom. The second kappa shape index (κ2) is 6.05. The normalized spacial score (nSPS) is 19.8. The predicted octanol–water partition coefficient (Wildman–Crippen LogP) is 2.40. The molecule has 1 aromatic rings. The minimum atomic E-state index is -0.669. The number of likely N-dealkylation sites (tertiary alicyclic amines) is 1. The Bertz CT molecular complexity index is 366. The first kappa shape index (κ1) is 13.1. The van der Waals surface area contributed by atoms with Crippen molar-refractivity contribution in [3.8, 4) is 0 Å². The van der Waals surface area contributed by atoms with Gasteiger partial charge in [0, 0.05) is 18.9 Å². The van der Waals surface area contributed by atoms with Crippen molar-refractivity contribution in [3.63, 3.8) is 0 Å². The summed E-state index contributed by atoms with van der Waals surface area (Å²) in [6, 6.07) is 4.39. The lowest BCUT2D eigenvalue weighted by Crippen LogP contribution is -2.41. The fraction of sp³-hybridized carbons (Fsp3) is 0.643. The Labute approximate surface area is 108 Å². The number of carboxylic acids is 1. The molecular weight excluding hydrogens is 230 g/mol. The number of furan rings is 1. The molecule has 1 fully saturated rings. The molecule has 0 bridgehead atoms. The van der Waals surface area contributed by atoms with Crippen molar-refractivity contribution in [3.05, 3.63) is 24.2 Å². The van der Waals surface area contributed by atoms with Gasteiger partial charge in [-0.2, -0.15) is 0 Å². The van der Waals surface area contributed by atoms with Gasteiger partial charge in [0.25, 0.3) is 0 Å². The molecule has 4 nitrogen and oxygen atoms in total. The van der Waals surface area contributed by atoms with E-state index in [1.807, 2.05) is 12.1 Å². The van der Waals surface area contributed by atoms with E-state index in [9.17, 15) is 4.79 Å². The van der Waals surface area contributed by atoms with Gasteiger partial charge < -0.3 is 14.4 Å². The number of hydrogen-bond acceptors (Lipinski definition) is 3. The standard InChI is InChI=1S/C14H21NO3/c1-11(9-13-3-2-8-18-13)15-6-4-12(5-7-15)10-14(16)17/h2-3,8,11-12H,4-7,9-10H2,1H3,(H,16,17). The molecular formula is C14H21NO3. The van der Waals surface area contributed by atoms with Gasteiger partial charge in [-0.25, -0.2) is 0 Å². The van der Waals surface area contributed by atoms with Gasteiger partial charge >= 0.3 is 5.97 Å². The average molecular weight is 251 g/mol. The third-order valence-electron chi connectivity index (χ3n) is 3.81. The van der Waals surface area contributed by atoms with Crippen LogP contribution < -0.4 is 0 Å². The molecule has 4 heteroatoms. The van der Waals surface area contributed by atoms with Crippen LogP contribution in [0.4, 0.5) is 0 Å². The lowest BCUT2D eigenvalue weighted by atomic mass is 9.92. The zero-order valence-corrected chi connectivity index (χ0v) is 10.8. The maximum absolute atomic E-state index is 10.7. The van der Waals surface area contributed by atoms with Gasteiger partial charge in [-0.3, -0.25) is 4.79 Å². The van der Waals surface area contributed by atoms with E-state index in [0.717, 1.165) is 38.1 Å². The van der Waals surface area contributed by atoms with Gasteiger partial charge in [-0.05, 0) is 50.9 Å². The maximum atomic E-state index is 10.7. The average Bonchev–Trinajstić information content (AvgIpc) is 2.82. The quantitative estimate of drug-likeness (QED) is 0.873. The zero-order valence-electron chi connectivity index (χ0n) is 10.8. The van der Waals surface area contributed by atoms with E-state index in [0.29, 0.717) is 18.4 Å². The van der Waals surface area contributed by atoms with E-state index in [1.54, 1.807) is 6.26 Å². The highest BCUT2D eigenvalue weighted by Gasteiger charge is 2.24. The Balaban J connectivity index is 1.77. The minimum Gasteiger partial charge on any atom is -0.481 e. The van der Waals surface area contributed by atoms with Gasteiger partial charge in [0.15, 0.2) is 0 Å². The fourth-order valence-electron chi connectivity index (χ4n) is 2.69. The maximum Gasteiger partial charge on any atom is 0.303 e. The second-order valence-corrected chi connectivity index (χ2v) is 5.21. The molecule has 0 spiro atoms. The van der Waals surface area contributed by atoms with Crippen molar-refractivity contribution >= 4 is 5.97 Å². The van der Waals surface area contributed by atoms with E-state index in [2.05, 4.69) is 11.8 Å². The van der Waals surface area contributed by atoms with Gasteiger partial charge in [-0.1, -0.05) is 0 Å². The van der Waals surface area contributed by atoms with Crippen LogP contribution in [0.3, 0.4) is 0 Å². The fourth-order valence-corrected chi connectivity index (χ4v) is 2.69. The Hall–Kier alpha value is -1.29. The number of carboxylic acid groups (broad SMARTS) is 1. The van der Waals surface area contributed by atoms with Crippen LogP contribution >= 0.6 is 0 Å². The van der Waals surface area contributed by atoms with Gasteiger partial charge in [0.1, 0.15) is 5.76 Å². The lowest BCUT2D eigenvalue weighted by molar-refractivity contribution is -0.138. The molecule has 2 heterocycles. The van der Waals surface area contributed by atoms with Crippen molar-refractivity contribution < 1.29 is 14.3 Å². The highest BCUT2D eigenvalue weighted by atomic mass is 16.4. The number of carbonyl (C=O) groups is 1. The van der Waals surface area contributed by atoms with E-state index in [4.69, 9.17) is 9.52 Å². The third-order valence-corrected chi connectivity index (χ3v) is 3.81. The highest BCUT2D eigenvalue weighted by molar-refractivity contribution is 5.67. The second-order valence-electron chi connectivity index (χ2n) is 5.21. The molecule has 1 aromatic heterocycles. The minimum absolute atomic E-state index is 0.320. The van der Waals surface area contributed by atoms with Crippen LogP contribution in [-0.2, 0) is 11.2 Å². The molecule has 1 N–H and O–H groups in total. The largest absolute Gasteiger partial charge is 0.481 e. The Morgan fingerprint density at radius 1 is 1.56 bits per heavy atom. The molecule has 0 aromatic carbocycles. The third kappa shape index (κ3) is 3.60. The van der Waals surface area contributed by atoms with E-state index in [-0.39, 0.29) is 0 Å². The molecule has 1 unspecified atom stereocenters. The zero-order chi connectivity index (χ0) is 13.0. The molecule has 1 aliphatic rings. The lowest BCUT2D eigenvalue weighted by Gasteiger charge is -2.35. The van der Waals surface area contributed by atoms with Gasteiger partial charge in [0.2, 0.25) is 0 Å².